The summed E-state index contributed by atoms with van der Waals surface area (Å²) in [4.78, 5) is 11.5. The summed E-state index contributed by atoms with van der Waals surface area (Å²) in [5, 5.41) is 11.4. The summed E-state index contributed by atoms with van der Waals surface area (Å²) in [7, 11) is 0. The Morgan fingerprint density at radius 1 is 1.15 bits per heavy atom. The summed E-state index contributed by atoms with van der Waals surface area (Å²) in [6.45, 7) is 0.613. The van der Waals surface area contributed by atoms with E-state index in [4.69, 9.17) is 9.52 Å². The number of nitrogens with one attached hydrogen (secondary N) is 1. The Hall–Kier alpha value is -2.07. The monoisotopic (exact) mass is 273 g/mol. The molecule has 4 heteroatoms. The minimum Gasteiger partial charge on any atom is -0.461 e. The molecule has 0 fully saturated rings. The van der Waals surface area contributed by atoms with Crippen LogP contribution in [0.15, 0.2) is 46.9 Å². The van der Waals surface area contributed by atoms with Gasteiger partial charge in [-0.2, -0.15) is 0 Å². The van der Waals surface area contributed by atoms with Crippen LogP contribution < -0.4 is 5.32 Å². The predicted octanol–water partition coefficient (Wildman–Crippen LogP) is 2.38. The van der Waals surface area contributed by atoms with Crippen molar-refractivity contribution in [3.63, 3.8) is 0 Å². The second-order valence-electron chi connectivity index (χ2n) is 4.56. The van der Waals surface area contributed by atoms with Gasteiger partial charge in [0.15, 0.2) is 0 Å². The fourth-order valence-electron chi connectivity index (χ4n) is 1.90. The Morgan fingerprint density at radius 3 is 2.70 bits per heavy atom. The normalized spacial score (nSPS) is 10.4. The molecule has 106 valence electrons. The Kier molecular flexibility index (Phi) is 5.38. The molecule has 2 aromatic rings. The molecule has 20 heavy (non-hydrogen) atoms. The molecule has 1 aromatic heterocycles. The lowest BCUT2D eigenvalue weighted by Gasteiger charge is -2.02. The van der Waals surface area contributed by atoms with Gasteiger partial charge in [-0.1, -0.05) is 30.3 Å². The molecule has 0 aliphatic rings. The highest BCUT2D eigenvalue weighted by Crippen LogP contribution is 2.22. The zero-order valence-electron chi connectivity index (χ0n) is 11.3. The maximum Gasteiger partial charge on any atom is 0.220 e. The molecule has 1 heterocycles. The number of hydrogen-bond acceptors (Lipinski definition) is 3. The molecular formula is C16H19NO3. The number of benzene rings is 1. The largest absolute Gasteiger partial charge is 0.461 e. The molecule has 1 aromatic carbocycles. The Balaban J connectivity index is 1.83. The molecule has 2 rings (SSSR count). The smallest absolute Gasteiger partial charge is 0.220 e. The first-order valence-electron chi connectivity index (χ1n) is 6.81. The van der Waals surface area contributed by atoms with E-state index >= 15 is 0 Å². The standard InChI is InChI=1S/C16H19NO3/c18-12-4-11-17-16(19)10-8-14-7-9-15(20-14)13-5-2-1-3-6-13/h1-3,5-7,9,18H,4,8,10-12H2,(H,17,19). The summed E-state index contributed by atoms with van der Waals surface area (Å²) in [5.74, 6) is 1.61. The lowest BCUT2D eigenvalue weighted by atomic mass is 10.2. The van der Waals surface area contributed by atoms with Crippen molar-refractivity contribution in [3.8, 4) is 11.3 Å². The Labute approximate surface area is 118 Å². The number of furan rings is 1. The van der Waals surface area contributed by atoms with Crippen molar-refractivity contribution >= 4 is 5.91 Å². The molecule has 0 radical (unpaired) electrons. The minimum absolute atomic E-state index is 0.0175. The van der Waals surface area contributed by atoms with Gasteiger partial charge >= 0.3 is 0 Å². The van der Waals surface area contributed by atoms with Crippen LogP contribution in [0.2, 0.25) is 0 Å². The van der Waals surface area contributed by atoms with E-state index in [1.807, 2.05) is 42.5 Å². The van der Waals surface area contributed by atoms with Crippen LogP contribution in [0.4, 0.5) is 0 Å². The topological polar surface area (TPSA) is 62.5 Å². The van der Waals surface area contributed by atoms with Gasteiger partial charge in [0.25, 0.3) is 0 Å². The lowest BCUT2D eigenvalue weighted by Crippen LogP contribution is -2.25. The van der Waals surface area contributed by atoms with Crippen LogP contribution in [0.5, 0.6) is 0 Å². The van der Waals surface area contributed by atoms with Gasteiger partial charge in [0, 0.05) is 31.6 Å². The summed E-state index contributed by atoms with van der Waals surface area (Å²) in [5.41, 5.74) is 1.03. The first kappa shape index (κ1) is 14.3. The molecule has 0 aliphatic carbocycles. The van der Waals surface area contributed by atoms with Crippen molar-refractivity contribution in [3.05, 3.63) is 48.2 Å². The van der Waals surface area contributed by atoms with E-state index in [1.165, 1.54) is 0 Å². The van der Waals surface area contributed by atoms with Gasteiger partial charge in [-0.15, -0.1) is 0 Å². The average Bonchev–Trinajstić information content (AvgIpc) is 2.95. The summed E-state index contributed by atoms with van der Waals surface area (Å²) in [6.07, 6.45) is 1.57. The van der Waals surface area contributed by atoms with Gasteiger partial charge in [0.2, 0.25) is 5.91 Å². The van der Waals surface area contributed by atoms with Crippen LogP contribution in [0.25, 0.3) is 11.3 Å². The van der Waals surface area contributed by atoms with Gasteiger partial charge in [0.05, 0.1) is 0 Å². The van der Waals surface area contributed by atoms with Crippen LogP contribution >= 0.6 is 0 Å². The van der Waals surface area contributed by atoms with E-state index in [9.17, 15) is 4.79 Å². The highest BCUT2D eigenvalue weighted by Gasteiger charge is 2.07. The number of aliphatic hydroxyl groups is 1. The molecule has 0 saturated heterocycles. The quantitative estimate of drug-likeness (QED) is 0.761. The van der Waals surface area contributed by atoms with Gasteiger partial charge in [0.1, 0.15) is 11.5 Å². The van der Waals surface area contributed by atoms with E-state index in [1.54, 1.807) is 0 Å². The summed E-state index contributed by atoms with van der Waals surface area (Å²) >= 11 is 0. The van der Waals surface area contributed by atoms with Gasteiger partial charge < -0.3 is 14.8 Å². The van der Waals surface area contributed by atoms with E-state index < -0.39 is 0 Å². The number of hydrogen-bond donors (Lipinski definition) is 2. The van der Waals surface area contributed by atoms with Crippen LogP contribution in [-0.4, -0.2) is 24.2 Å². The number of aliphatic hydroxyl groups excluding tert-OH is 1. The van der Waals surface area contributed by atoms with E-state index in [0.29, 0.717) is 25.8 Å². The Morgan fingerprint density at radius 2 is 1.95 bits per heavy atom. The third-order valence-corrected chi connectivity index (χ3v) is 2.98. The van der Waals surface area contributed by atoms with Gasteiger partial charge in [-0.05, 0) is 18.6 Å². The van der Waals surface area contributed by atoms with Crippen molar-refractivity contribution in [2.24, 2.45) is 0 Å². The lowest BCUT2D eigenvalue weighted by molar-refractivity contribution is -0.121. The number of carbonyl (C=O) groups excluding carboxylic acids is 1. The molecule has 0 aliphatic heterocycles. The molecule has 1 amide bonds. The fraction of sp³-hybridized carbons (Fsp3) is 0.312. The van der Waals surface area contributed by atoms with Crippen LogP contribution in [-0.2, 0) is 11.2 Å². The fourth-order valence-corrected chi connectivity index (χ4v) is 1.90. The number of amides is 1. The molecule has 4 nitrogen and oxygen atoms in total. The van der Waals surface area contributed by atoms with Crippen molar-refractivity contribution < 1.29 is 14.3 Å². The first-order chi connectivity index (χ1) is 9.79. The highest BCUT2D eigenvalue weighted by atomic mass is 16.3. The third-order valence-electron chi connectivity index (χ3n) is 2.98. The number of carbonyl (C=O) groups is 1. The number of aryl methyl sites for hydroxylation is 1. The molecule has 0 spiro atoms. The highest BCUT2D eigenvalue weighted by molar-refractivity contribution is 5.76. The first-order valence-corrected chi connectivity index (χ1v) is 6.81. The summed E-state index contributed by atoms with van der Waals surface area (Å²) in [6, 6.07) is 13.7. The van der Waals surface area contributed by atoms with E-state index in [0.717, 1.165) is 17.1 Å². The minimum atomic E-state index is -0.0175. The van der Waals surface area contributed by atoms with Crippen LogP contribution in [0.3, 0.4) is 0 Å². The second-order valence-corrected chi connectivity index (χ2v) is 4.56. The van der Waals surface area contributed by atoms with Crippen LogP contribution in [0.1, 0.15) is 18.6 Å². The maximum atomic E-state index is 11.5. The molecule has 0 bridgehead atoms. The van der Waals surface area contributed by atoms with E-state index in [-0.39, 0.29) is 12.5 Å². The van der Waals surface area contributed by atoms with Crippen LogP contribution in [0, 0.1) is 0 Å². The molecular weight excluding hydrogens is 254 g/mol. The van der Waals surface area contributed by atoms with Crippen molar-refractivity contribution in [2.75, 3.05) is 13.2 Å². The average molecular weight is 273 g/mol. The third kappa shape index (κ3) is 4.24. The molecule has 0 unspecified atom stereocenters. The van der Waals surface area contributed by atoms with Crippen molar-refractivity contribution in [1.29, 1.82) is 0 Å². The van der Waals surface area contributed by atoms with Gasteiger partial charge in [-0.3, -0.25) is 4.79 Å². The summed E-state index contributed by atoms with van der Waals surface area (Å²) < 4.78 is 5.73. The Bertz CT molecular complexity index is 534. The van der Waals surface area contributed by atoms with Crippen molar-refractivity contribution in [2.45, 2.75) is 19.3 Å². The SMILES string of the molecule is O=C(CCc1ccc(-c2ccccc2)o1)NCCCO. The zero-order valence-corrected chi connectivity index (χ0v) is 11.3. The predicted molar refractivity (Wildman–Crippen MR) is 77.2 cm³/mol. The molecule has 2 N–H and O–H groups in total. The molecule has 0 saturated carbocycles. The van der Waals surface area contributed by atoms with Gasteiger partial charge in [-0.25, -0.2) is 0 Å². The number of rotatable bonds is 7. The zero-order chi connectivity index (χ0) is 14.2. The van der Waals surface area contributed by atoms with E-state index in [2.05, 4.69) is 5.32 Å². The second kappa shape index (κ2) is 7.50. The maximum absolute atomic E-state index is 11.5. The molecule has 0 atom stereocenters. The van der Waals surface area contributed by atoms with Crippen molar-refractivity contribution in [1.82, 2.24) is 5.32 Å².